The number of nitrogens with one attached hydrogen (secondary N) is 2. The summed E-state index contributed by atoms with van der Waals surface area (Å²) >= 11 is 0. The molecule has 3 aromatic rings. The van der Waals surface area contributed by atoms with Crippen molar-refractivity contribution in [2.75, 3.05) is 10.6 Å². The van der Waals surface area contributed by atoms with E-state index in [1.165, 1.54) is 36.4 Å². The van der Waals surface area contributed by atoms with Crippen LogP contribution in [-0.2, 0) is 0 Å². The summed E-state index contributed by atoms with van der Waals surface area (Å²) in [6.45, 7) is 0. The molecule has 3 rings (SSSR count). The van der Waals surface area contributed by atoms with Crippen molar-refractivity contribution in [3.8, 4) is 0 Å². The summed E-state index contributed by atoms with van der Waals surface area (Å²) in [6.07, 6.45) is 0. The summed E-state index contributed by atoms with van der Waals surface area (Å²) in [7, 11) is 0. The Balaban J connectivity index is 1.68. The van der Waals surface area contributed by atoms with Gasteiger partial charge < -0.3 is 10.6 Å². The number of amides is 1. The van der Waals surface area contributed by atoms with Crippen LogP contribution in [0.1, 0.15) is 10.5 Å². The Hall–Kier alpha value is -3.35. The lowest BCUT2D eigenvalue weighted by Gasteiger charge is -2.07. The highest BCUT2D eigenvalue weighted by Gasteiger charge is 2.11. The number of para-hydroxylation sites is 1. The molecular formula is C17H12F2N4O. The molecule has 5 nitrogen and oxygen atoms in total. The van der Waals surface area contributed by atoms with E-state index in [-0.39, 0.29) is 17.2 Å². The van der Waals surface area contributed by atoms with Gasteiger partial charge in [-0.25, -0.2) is 8.78 Å². The maximum atomic E-state index is 13.5. The number of hydrogen-bond acceptors (Lipinski definition) is 4. The van der Waals surface area contributed by atoms with Gasteiger partial charge in [-0.3, -0.25) is 4.79 Å². The van der Waals surface area contributed by atoms with E-state index in [1.807, 2.05) is 0 Å². The van der Waals surface area contributed by atoms with Gasteiger partial charge in [-0.15, -0.1) is 10.2 Å². The van der Waals surface area contributed by atoms with Gasteiger partial charge in [0, 0.05) is 5.69 Å². The Morgan fingerprint density at radius 1 is 0.875 bits per heavy atom. The van der Waals surface area contributed by atoms with Crippen LogP contribution in [-0.4, -0.2) is 16.1 Å². The molecule has 24 heavy (non-hydrogen) atoms. The number of carbonyl (C=O) groups excluding carboxylic acids is 1. The smallest absolute Gasteiger partial charge is 0.276 e. The molecule has 0 fully saturated rings. The number of anilines is 3. The number of hydrogen-bond donors (Lipinski definition) is 2. The lowest BCUT2D eigenvalue weighted by atomic mass is 10.3. The average molecular weight is 326 g/mol. The standard InChI is InChI=1S/C17H12F2N4O/c18-11-5-7-12(8-6-11)20-16-10-9-15(22-23-16)17(24)21-14-4-2-1-3-13(14)19/h1-10H,(H,20,23)(H,21,24). The van der Waals surface area contributed by atoms with Gasteiger partial charge in [-0.1, -0.05) is 12.1 Å². The molecule has 1 aromatic heterocycles. The van der Waals surface area contributed by atoms with Crippen LogP contribution in [0.5, 0.6) is 0 Å². The summed E-state index contributed by atoms with van der Waals surface area (Å²) in [5.74, 6) is -1.05. The molecule has 0 radical (unpaired) electrons. The van der Waals surface area contributed by atoms with E-state index >= 15 is 0 Å². The van der Waals surface area contributed by atoms with Gasteiger partial charge in [-0.2, -0.15) is 0 Å². The van der Waals surface area contributed by atoms with Gasteiger partial charge in [-0.05, 0) is 48.5 Å². The minimum Gasteiger partial charge on any atom is -0.339 e. The quantitative estimate of drug-likeness (QED) is 0.766. The lowest BCUT2D eigenvalue weighted by molar-refractivity contribution is 0.102. The van der Waals surface area contributed by atoms with Crippen LogP contribution in [0.4, 0.5) is 26.0 Å². The highest BCUT2D eigenvalue weighted by Crippen LogP contribution is 2.16. The molecule has 1 heterocycles. The molecule has 0 spiro atoms. The van der Waals surface area contributed by atoms with E-state index in [0.29, 0.717) is 11.5 Å². The van der Waals surface area contributed by atoms with Gasteiger partial charge in [0.15, 0.2) is 11.5 Å². The zero-order valence-electron chi connectivity index (χ0n) is 12.3. The fourth-order valence-electron chi connectivity index (χ4n) is 1.95. The van der Waals surface area contributed by atoms with Gasteiger partial charge in [0.25, 0.3) is 5.91 Å². The fourth-order valence-corrected chi connectivity index (χ4v) is 1.95. The van der Waals surface area contributed by atoms with Crippen LogP contribution in [0.3, 0.4) is 0 Å². The molecule has 0 aliphatic rings. The number of benzene rings is 2. The number of rotatable bonds is 4. The summed E-state index contributed by atoms with van der Waals surface area (Å²) < 4.78 is 26.4. The third-order valence-electron chi connectivity index (χ3n) is 3.14. The van der Waals surface area contributed by atoms with Crippen LogP contribution in [0.2, 0.25) is 0 Å². The van der Waals surface area contributed by atoms with Gasteiger partial charge in [0.1, 0.15) is 11.6 Å². The molecule has 2 aromatic carbocycles. The first-order valence-corrected chi connectivity index (χ1v) is 7.04. The zero-order valence-corrected chi connectivity index (χ0v) is 12.3. The topological polar surface area (TPSA) is 66.9 Å². The molecule has 0 aliphatic heterocycles. The molecule has 0 unspecified atom stereocenters. The first-order chi connectivity index (χ1) is 11.6. The summed E-state index contributed by atoms with van der Waals surface area (Å²) in [5, 5.41) is 13.0. The van der Waals surface area contributed by atoms with Crippen LogP contribution in [0, 0.1) is 11.6 Å². The van der Waals surface area contributed by atoms with Crippen molar-refractivity contribution in [1.29, 1.82) is 0 Å². The third kappa shape index (κ3) is 3.70. The van der Waals surface area contributed by atoms with Crippen molar-refractivity contribution in [2.45, 2.75) is 0 Å². The molecule has 0 atom stereocenters. The molecule has 0 bridgehead atoms. The number of nitrogens with zero attached hydrogens (tertiary/aromatic N) is 2. The summed E-state index contributed by atoms with van der Waals surface area (Å²) in [5.41, 5.74) is 0.745. The molecule has 0 aliphatic carbocycles. The Morgan fingerprint density at radius 2 is 1.62 bits per heavy atom. The molecule has 0 saturated heterocycles. The van der Waals surface area contributed by atoms with E-state index in [2.05, 4.69) is 20.8 Å². The maximum Gasteiger partial charge on any atom is 0.276 e. The molecule has 120 valence electrons. The zero-order chi connectivity index (χ0) is 16.9. The fraction of sp³-hybridized carbons (Fsp3) is 0. The minimum absolute atomic E-state index is 0.0444. The summed E-state index contributed by atoms with van der Waals surface area (Å²) in [6, 6.07) is 14.6. The van der Waals surface area contributed by atoms with E-state index in [0.717, 1.165) is 0 Å². The van der Waals surface area contributed by atoms with Crippen molar-refractivity contribution in [2.24, 2.45) is 0 Å². The predicted molar refractivity (Wildman–Crippen MR) is 86.1 cm³/mol. The van der Waals surface area contributed by atoms with Gasteiger partial charge >= 0.3 is 0 Å². The maximum absolute atomic E-state index is 13.5. The highest BCUT2D eigenvalue weighted by atomic mass is 19.1. The third-order valence-corrected chi connectivity index (χ3v) is 3.14. The van der Waals surface area contributed by atoms with E-state index in [1.54, 1.807) is 24.3 Å². The minimum atomic E-state index is -0.569. The van der Waals surface area contributed by atoms with Crippen molar-refractivity contribution in [3.05, 3.63) is 78.0 Å². The van der Waals surface area contributed by atoms with Crippen molar-refractivity contribution in [1.82, 2.24) is 10.2 Å². The van der Waals surface area contributed by atoms with Crippen LogP contribution in [0.25, 0.3) is 0 Å². The highest BCUT2D eigenvalue weighted by molar-refractivity contribution is 6.02. The van der Waals surface area contributed by atoms with E-state index in [4.69, 9.17) is 0 Å². The van der Waals surface area contributed by atoms with Crippen molar-refractivity contribution in [3.63, 3.8) is 0 Å². The molecule has 7 heteroatoms. The largest absolute Gasteiger partial charge is 0.339 e. The van der Waals surface area contributed by atoms with E-state index < -0.39 is 11.7 Å². The Bertz CT molecular complexity index is 851. The molecule has 1 amide bonds. The first-order valence-electron chi connectivity index (χ1n) is 7.04. The second kappa shape index (κ2) is 6.82. The second-order valence-electron chi connectivity index (χ2n) is 4.87. The van der Waals surface area contributed by atoms with Gasteiger partial charge in [0.05, 0.1) is 5.69 Å². The lowest BCUT2D eigenvalue weighted by Crippen LogP contribution is -2.15. The molecular weight excluding hydrogens is 314 g/mol. The molecule has 0 saturated carbocycles. The first kappa shape index (κ1) is 15.5. The SMILES string of the molecule is O=C(Nc1ccccc1F)c1ccc(Nc2ccc(F)cc2)nn1. The monoisotopic (exact) mass is 326 g/mol. The Kier molecular flexibility index (Phi) is 4.42. The van der Waals surface area contributed by atoms with Gasteiger partial charge in [0.2, 0.25) is 0 Å². The summed E-state index contributed by atoms with van der Waals surface area (Å²) in [4.78, 5) is 12.0. The van der Waals surface area contributed by atoms with Crippen LogP contribution < -0.4 is 10.6 Å². The Labute approximate surface area is 136 Å². The number of carbonyl (C=O) groups is 1. The number of halogens is 2. The average Bonchev–Trinajstić information content (AvgIpc) is 2.59. The van der Waals surface area contributed by atoms with Crippen LogP contribution in [0.15, 0.2) is 60.7 Å². The van der Waals surface area contributed by atoms with Crippen molar-refractivity contribution >= 4 is 23.1 Å². The van der Waals surface area contributed by atoms with E-state index in [9.17, 15) is 13.6 Å². The number of aromatic nitrogens is 2. The Morgan fingerprint density at radius 3 is 2.29 bits per heavy atom. The molecule has 2 N–H and O–H groups in total. The second-order valence-corrected chi connectivity index (χ2v) is 4.87. The van der Waals surface area contributed by atoms with Crippen LogP contribution >= 0.6 is 0 Å². The predicted octanol–water partition coefficient (Wildman–Crippen LogP) is 3.75. The normalized spacial score (nSPS) is 10.2. The van der Waals surface area contributed by atoms with Crippen molar-refractivity contribution < 1.29 is 13.6 Å².